The molecule has 0 fully saturated rings. The van der Waals surface area contributed by atoms with Gasteiger partial charge in [0.25, 0.3) is 0 Å². The molecule has 10 heteroatoms. The molecule has 0 atom stereocenters. The van der Waals surface area contributed by atoms with Crippen molar-refractivity contribution in [2.45, 2.75) is 13.1 Å². The highest BCUT2D eigenvalue weighted by molar-refractivity contribution is 5.79. The molecular formula is C15H13F3N6O. The van der Waals surface area contributed by atoms with Gasteiger partial charge in [-0.15, -0.1) is 0 Å². The number of anilines is 5. The fourth-order valence-corrected chi connectivity index (χ4v) is 2.02. The van der Waals surface area contributed by atoms with Gasteiger partial charge in [0.2, 0.25) is 0 Å². The second-order valence-electron chi connectivity index (χ2n) is 5.13. The molecule has 2 heterocycles. The Hall–Kier alpha value is -3.30. The SMILES string of the molecule is Cc1cc(Nc2ncnc(Nc3ccc(C(F)(F)F)cc3)c2N)no1. The average molecular weight is 350 g/mol. The minimum atomic E-state index is -4.39. The molecule has 4 N–H and O–H groups in total. The highest BCUT2D eigenvalue weighted by atomic mass is 19.4. The summed E-state index contributed by atoms with van der Waals surface area (Å²) in [6.45, 7) is 1.74. The first-order valence-electron chi connectivity index (χ1n) is 7.08. The van der Waals surface area contributed by atoms with Crippen molar-refractivity contribution in [1.82, 2.24) is 15.1 Å². The van der Waals surface area contributed by atoms with Gasteiger partial charge in [-0.1, -0.05) is 5.16 Å². The monoisotopic (exact) mass is 350 g/mol. The molecule has 0 radical (unpaired) electrons. The third-order valence-corrected chi connectivity index (χ3v) is 3.23. The number of aromatic nitrogens is 3. The van der Waals surface area contributed by atoms with E-state index in [0.717, 1.165) is 12.1 Å². The van der Waals surface area contributed by atoms with Crippen LogP contribution in [-0.4, -0.2) is 15.1 Å². The Morgan fingerprint density at radius 3 is 2.24 bits per heavy atom. The second kappa shape index (κ2) is 6.30. The number of benzene rings is 1. The van der Waals surface area contributed by atoms with Crippen LogP contribution in [0.3, 0.4) is 0 Å². The predicted octanol–water partition coefficient (Wildman–Crippen LogP) is 3.86. The number of rotatable bonds is 4. The molecule has 0 bridgehead atoms. The van der Waals surface area contributed by atoms with Crippen LogP contribution in [0.1, 0.15) is 11.3 Å². The smallest absolute Gasteiger partial charge is 0.393 e. The second-order valence-corrected chi connectivity index (χ2v) is 5.13. The van der Waals surface area contributed by atoms with Crippen LogP contribution in [0.25, 0.3) is 0 Å². The first-order valence-corrected chi connectivity index (χ1v) is 7.08. The lowest BCUT2D eigenvalue weighted by atomic mass is 10.2. The van der Waals surface area contributed by atoms with E-state index in [2.05, 4.69) is 25.8 Å². The number of nitrogens with zero attached hydrogens (tertiary/aromatic N) is 3. The van der Waals surface area contributed by atoms with Crippen LogP contribution in [0.2, 0.25) is 0 Å². The molecule has 25 heavy (non-hydrogen) atoms. The molecule has 0 aliphatic carbocycles. The normalized spacial score (nSPS) is 11.4. The molecule has 3 aromatic rings. The molecule has 0 spiro atoms. The number of nitrogen functional groups attached to an aromatic ring is 1. The number of hydrogen-bond donors (Lipinski definition) is 3. The van der Waals surface area contributed by atoms with E-state index < -0.39 is 11.7 Å². The third-order valence-electron chi connectivity index (χ3n) is 3.23. The summed E-state index contributed by atoms with van der Waals surface area (Å²) in [6.07, 6.45) is -3.13. The van der Waals surface area contributed by atoms with Gasteiger partial charge >= 0.3 is 6.18 Å². The molecule has 0 aliphatic heterocycles. The Balaban J connectivity index is 1.80. The van der Waals surface area contributed by atoms with Gasteiger partial charge in [0, 0.05) is 11.8 Å². The standard InChI is InChI=1S/C15H13F3N6O/c1-8-6-11(24-25-8)23-14-12(19)13(20-7-21-14)22-10-4-2-9(3-5-10)15(16,17)18/h2-7H,19H2,1H3,(H2,20,21,22,23,24). The van der Waals surface area contributed by atoms with Gasteiger partial charge in [0.05, 0.1) is 5.56 Å². The lowest BCUT2D eigenvalue weighted by Crippen LogP contribution is -2.06. The zero-order valence-corrected chi connectivity index (χ0v) is 12.9. The number of hydrogen-bond acceptors (Lipinski definition) is 7. The maximum absolute atomic E-state index is 12.6. The fourth-order valence-electron chi connectivity index (χ4n) is 2.02. The zero-order valence-electron chi connectivity index (χ0n) is 12.9. The fraction of sp³-hybridized carbons (Fsp3) is 0.133. The quantitative estimate of drug-likeness (QED) is 0.656. The minimum Gasteiger partial charge on any atom is -0.393 e. The van der Waals surface area contributed by atoms with Gasteiger partial charge in [-0.3, -0.25) is 0 Å². The van der Waals surface area contributed by atoms with Gasteiger partial charge in [-0.25, -0.2) is 9.97 Å². The van der Waals surface area contributed by atoms with Crippen LogP contribution in [0, 0.1) is 6.92 Å². The van der Waals surface area contributed by atoms with E-state index >= 15 is 0 Å². The number of halogens is 3. The van der Waals surface area contributed by atoms with Crippen molar-refractivity contribution in [3.05, 3.63) is 48.0 Å². The minimum absolute atomic E-state index is 0.183. The van der Waals surface area contributed by atoms with E-state index in [1.165, 1.54) is 18.5 Å². The van der Waals surface area contributed by atoms with Crippen molar-refractivity contribution in [1.29, 1.82) is 0 Å². The van der Waals surface area contributed by atoms with E-state index in [9.17, 15) is 13.2 Å². The summed E-state index contributed by atoms with van der Waals surface area (Å²) in [5.41, 5.74) is 5.85. The average Bonchev–Trinajstić information content (AvgIpc) is 2.96. The summed E-state index contributed by atoms with van der Waals surface area (Å²) in [5, 5.41) is 9.50. The van der Waals surface area contributed by atoms with E-state index in [-0.39, 0.29) is 17.3 Å². The van der Waals surface area contributed by atoms with Crippen LogP contribution in [0.4, 0.5) is 42.0 Å². The number of nitrogens with one attached hydrogen (secondary N) is 2. The molecular weight excluding hydrogens is 337 g/mol. The number of aryl methyl sites for hydroxylation is 1. The maximum Gasteiger partial charge on any atom is 0.416 e. The van der Waals surface area contributed by atoms with Crippen molar-refractivity contribution in [2.75, 3.05) is 16.4 Å². The van der Waals surface area contributed by atoms with Crippen molar-refractivity contribution in [3.8, 4) is 0 Å². The number of alkyl halides is 3. The molecule has 0 unspecified atom stereocenters. The first-order chi connectivity index (χ1) is 11.8. The molecule has 7 nitrogen and oxygen atoms in total. The van der Waals surface area contributed by atoms with E-state index in [1.807, 2.05) is 0 Å². The third kappa shape index (κ3) is 3.79. The molecule has 2 aromatic heterocycles. The van der Waals surface area contributed by atoms with Gasteiger partial charge in [0.1, 0.15) is 17.8 Å². The predicted molar refractivity (Wildman–Crippen MR) is 85.7 cm³/mol. The summed E-state index contributed by atoms with van der Waals surface area (Å²) in [5.74, 6) is 1.57. The first kappa shape index (κ1) is 16.6. The van der Waals surface area contributed by atoms with Crippen molar-refractivity contribution in [2.24, 2.45) is 0 Å². The van der Waals surface area contributed by atoms with Crippen molar-refractivity contribution < 1.29 is 17.7 Å². The summed E-state index contributed by atoms with van der Waals surface area (Å²) in [6, 6.07) is 6.18. The Morgan fingerprint density at radius 1 is 1.04 bits per heavy atom. The largest absolute Gasteiger partial charge is 0.416 e. The van der Waals surface area contributed by atoms with Gasteiger partial charge in [-0.2, -0.15) is 13.2 Å². The highest BCUT2D eigenvalue weighted by Gasteiger charge is 2.29. The molecule has 0 amide bonds. The van der Waals surface area contributed by atoms with E-state index in [4.69, 9.17) is 10.3 Å². The van der Waals surface area contributed by atoms with Gasteiger partial charge < -0.3 is 20.9 Å². The Labute approximate surface area is 140 Å². The Morgan fingerprint density at radius 2 is 1.68 bits per heavy atom. The van der Waals surface area contributed by atoms with Crippen LogP contribution in [0.5, 0.6) is 0 Å². The molecule has 0 saturated heterocycles. The molecule has 3 rings (SSSR count). The molecule has 0 aliphatic rings. The van der Waals surface area contributed by atoms with Crippen LogP contribution < -0.4 is 16.4 Å². The Kier molecular flexibility index (Phi) is 4.17. The molecule has 0 saturated carbocycles. The summed E-state index contributed by atoms with van der Waals surface area (Å²) in [4.78, 5) is 8.01. The lowest BCUT2D eigenvalue weighted by molar-refractivity contribution is -0.137. The lowest BCUT2D eigenvalue weighted by Gasteiger charge is -2.12. The van der Waals surface area contributed by atoms with Crippen molar-refractivity contribution in [3.63, 3.8) is 0 Å². The highest BCUT2D eigenvalue weighted by Crippen LogP contribution is 2.31. The van der Waals surface area contributed by atoms with Crippen LogP contribution in [0.15, 0.2) is 41.2 Å². The van der Waals surface area contributed by atoms with Gasteiger partial charge in [0.15, 0.2) is 17.5 Å². The van der Waals surface area contributed by atoms with Crippen molar-refractivity contribution >= 4 is 28.8 Å². The maximum atomic E-state index is 12.6. The summed E-state index contributed by atoms with van der Waals surface area (Å²) < 4.78 is 42.7. The Bertz CT molecular complexity index is 876. The summed E-state index contributed by atoms with van der Waals surface area (Å²) >= 11 is 0. The molecule has 130 valence electrons. The zero-order chi connectivity index (χ0) is 18.0. The molecule has 1 aromatic carbocycles. The van der Waals surface area contributed by atoms with Gasteiger partial charge in [-0.05, 0) is 31.2 Å². The van der Waals surface area contributed by atoms with Crippen LogP contribution in [-0.2, 0) is 6.18 Å². The van der Waals surface area contributed by atoms with Crippen LogP contribution >= 0.6 is 0 Å². The van der Waals surface area contributed by atoms with E-state index in [1.54, 1.807) is 13.0 Å². The topological polar surface area (TPSA) is 102 Å². The number of nitrogens with two attached hydrogens (primary N) is 1. The van der Waals surface area contributed by atoms with E-state index in [0.29, 0.717) is 17.3 Å². The summed E-state index contributed by atoms with van der Waals surface area (Å²) in [7, 11) is 0.